The van der Waals surface area contributed by atoms with E-state index in [2.05, 4.69) is 18.1 Å². The first kappa shape index (κ1) is 13.9. The van der Waals surface area contributed by atoms with Gasteiger partial charge in [-0.15, -0.1) is 6.58 Å². The van der Waals surface area contributed by atoms with E-state index in [0.29, 0.717) is 12.0 Å². The summed E-state index contributed by atoms with van der Waals surface area (Å²) in [6.45, 7) is 8.22. The lowest BCUT2D eigenvalue weighted by molar-refractivity contribution is -0.133. The first-order valence-electron chi connectivity index (χ1n) is 5.16. The molecule has 1 N–H and O–H groups in total. The summed E-state index contributed by atoms with van der Waals surface area (Å²) in [7, 11) is 4.02. The predicted octanol–water partition coefficient (Wildman–Crippen LogP) is 2.16. The molecule has 0 spiro atoms. The lowest BCUT2D eigenvalue weighted by atomic mass is 9.92. The summed E-state index contributed by atoms with van der Waals surface area (Å²) in [6, 6.07) is 0. The van der Waals surface area contributed by atoms with E-state index in [1.54, 1.807) is 6.08 Å². The van der Waals surface area contributed by atoms with E-state index in [1.807, 2.05) is 14.1 Å². The van der Waals surface area contributed by atoms with Crippen LogP contribution in [-0.4, -0.2) is 36.6 Å². The van der Waals surface area contributed by atoms with Gasteiger partial charge in [-0.2, -0.15) is 0 Å². The maximum atomic E-state index is 10.8. The van der Waals surface area contributed by atoms with Gasteiger partial charge in [-0.1, -0.05) is 12.7 Å². The van der Waals surface area contributed by atoms with Crippen LogP contribution in [0.4, 0.5) is 0 Å². The van der Waals surface area contributed by atoms with Crippen LogP contribution < -0.4 is 0 Å². The normalized spacial score (nSPS) is 12.5. The largest absolute Gasteiger partial charge is 0.478 e. The van der Waals surface area contributed by atoms with Crippen molar-refractivity contribution in [3.63, 3.8) is 0 Å². The molecular formula is C12H21NO2. The van der Waals surface area contributed by atoms with Crippen LogP contribution in [0.2, 0.25) is 0 Å². The van der Waals surface area contributed by atoms with Crippen LogP contribution in [0.25, 0.3) is 0 Å². The molecule has 0 aromatic rings. The molecule has 0 aromatic heterocycles. The topological polar surface area (TPSA) is 40.5 Å². The highest BCUT2D eigenvalue weighted by Gasteiger charge is 2.16. The number of carbonyl (C=O) groups is 1. The average molecular weight is 211 g/mol. The van der Waals surface area contributed by atoms with Crippen molar-refractivity contribution in [2.75, 3.05) is 20.6 Å². The summed E-state index contributed by atoms with van der Waals surface area (Å²) >= 11 is 0. The second-order valence-corrected chi connectivity index (χ2v) is 4.00. The van der Waals surface area contributed by atoms with Gasteiger partial charge in [0, 0.05) is 5.57 Å². The van der Waals surface area contributed by atoms with Crippen LogP contribution in [0.1, 0.15) is 19.3 Å². The van der Waals surface area contributed by atoms with Gasteiger partial charge in [0.1, 0.15) is 0 Å². The van der Waals surface area contributed by atoms with Gasteiger partial charge < -0.3 is 10.0 Å². The summed E-state index contributed by atoms with van der Waals surface area (Å²) in [5, 5.41) is 8.84. The molecule has 3 heteroatoms. The molecule has 0 bridgehead atoms. The van der Waals surface area contributed by atoms with E-state index in [9.17, 15) is 4.79 Å². The SMILES string of the molecule is C=CCC(CCCN(C)C)C(=C)C(=O)O. The monoisotopic (exact) mass is 211 g/mol. The Morgan fingerprint density at radius 3 is 2.53 bits per heavy atom. The highest BCUT2D eigenvalue weighted by atomic mass is 16.4. The minimum atomic E-state index is -0.897. The lowest BCUT2D eigenvalue weighted by Gasteiger charge is -2.16. The average Bonchev–Trinajstić information content (AvgIpc) is 2.14. The van der Waals surface area contributed by atoms with Gasteiger partial charge in [0.2, 0.25) is 0 Å². The Bertz CT molecular complexity index is 234. The second kappa shape index (κ2) is 7.23. The third kappa shape index (κ3) is 6.07. The summed E-state index contributed by atoms with van der Waals surface area (Å²) in [5.41, 5.74) is 0.300. The fourth-order valence-corrected chi connectivity index (χ4v) is 1.46. The molecule has 0 saturated heterocycles. The zero-order valence-electron chi connectivity index (χ0n) is 9.70. The minimum absolute atomic E-state index is 0.0277. The number of carboxylic acid groups (broad SMARTS) is 1. The molecule has 3 nitrogen and oxygen atoms in total. The fourth-order valence-electron chi connectivity index (χ4n) is 1.46. The standard InChI is InChI=1S/C12H21NO2/c1-5-7-11(10(2)12(14)15)8-6-9-13(3)4/h5,11H,1-2,6-9H2,3-4H3,(H,14,15). The van der Waals surface area contributed by atoms with Crippen LogP contribution in [0, 0.1) is 5.92 Å². The molecule has 1 atom stereocenters. The van der Waals surface area contributed by atoms with E-state index in [1.165, 1.54) is 0 Å². The second-order valence-electron chi connectivity index (χ2n) is 4.00. The Morgan fingerprint density at radius 1 is 1.53 bits per heavy atom. The summed E-state index contributed by atoms with van der Waals surface area (Å²) < 4.78 is 0. The molecule has 0 rings (SSSR count). The van der Waals surface area contributed by atoms with Crippen molar-refractivity contribution in [2.24, 2.45) is 5.92 Å². The van der Waals surface area contributed by atoms with Crippen molar-refractivity contribution in [3.05, 3.63) is 24.8 Å². The van der Waals surface area contributed by atoms with Crippen LogP contribution in [0.3, 0.4) is 0 Å². The van der Waals surface area contributed by atoms with E-state index in [4.69, 9.17) is 5.11 Å². The summed E-state index contributed by atoms with van der Waals surface area (Å²) in [4.78, 5) is 12.9. The van der Waals surface area contributed by atoms with Crippen molar-refractivity contribution < 1.29 is 9.90 Å². The first-order chi connectivity index (χ1) is 6.99. The minimum Gasteiger partial charge on any atom is -0.478 e. The number of allylic oxidation sites excluding steroid dienone is 1. The molecular weight excluding hydrogens is 190 g/mol. The Morgan fingerprint density at radius 2 is 2.13 bits per heavy atom. The smallest absolute Gasteiger partial charge is 0.331 e. The molecule has 0 radical (unpaired) electrons. The molecule has 15 heavy (non-hydrogen) atoms. The quantitative estimate of drug-likeness (QED) is 0.494. The van der Waals surface area contributed by atoms with E-state index in [-0.39, 0.29) is 5.92 Å². The highest BCUT2D eigenvalue weighted by molar-refractivity contribution is 5.86. The number of rotatable bonds is 8. The van der Waals surface area contributed by atoms with Gasteiger partial charge >= 0.3 is 5.97 Å². The molecule has 0 aliphatic rings. The lowest BCUT2D eigenvalue weighted by Crippen LogP contribution is -2.16. The Kier molecular flexibility index (Phi) is 6.71. The van der Waals surface area contributed by atoms with Gasteiger partial charge in [-0.05, 0) is 45.8 Å². The number of aliphatic carboxylic acids is 1. The molecule has 86 valence electrons. The zero-order valence-corrected chi connectivity index (χ0v) is 9.70. The van der Waals surface area contributed by atoms with Crippen molar-refractivity contribution in [1.82, 2.24) is 4.90 Å². The van der Waals surface area contributed by atoms with Crippen LogP contribution in [0.5, 0.6) is 0 Å². The van der Waals surface area contributed by atoms with Gasteiger partial charge in [-0.25, -0.2) is 4.79 Å². The van der Waals surface area contributed by atoms with Gasteiger partial charge in [-0.3, -0.25) is 0 Å². The molecule has 0 aromatic carbocycles. The third-order valence-corrected chi connectivity index (χ3v) is 2.38. The van der Waals surface area contributed by atoms with Gasteiger partial charge in [0.25, 0.3) is 0 Å². The number of hydrogen-bond donors (Lipinski definition) is 1. The van der Waals surface area contributed by atoms with Gasteiger partial charge in [0.15, 0.2) is 0 Å². The summed E-state index contributed by atoms with van der Waals surface area (Å²) in [6.07, 6.45) is 4.29. The van der Waals surface area contributed by atoms with E-state index < -0.39 is 5.97 Å². The number of hydrogen-bond acceptors (Lipinski definition) is 2. The fraction of sp³-hybridized carbons (Fsp3) is 0.583. The Balaban J connectivity index is 4.09. The maximum Gasteiger partial charge on any atom is 0.331 e. The van der Waals surface area contributed by atoms with Crippen LogP contribution >= 0.6 is 0 Å². The molecule has 0 aliphatic carbocycles. The zero-order chi connectivity index (χ0) is 11.8. The maximum absolute atomic E-state index is 10.8. The Hall–Kier alpha value is -1.09. The van der Waals surface area contributed by atoms with Crippen molar-refractivity contribution in [2.45, 2.75) is 19.3 Å². The van der Waals surface area contributed by atoms with Crippen molar-refractivity contribution in [1.29, 1.82) is 0 Å². The van der Waals surface area contributed by atoms with Crippen molar-refractivity contribution >= 4 is 5.97 Å². The number of nitrogens with zero attached hydrogens (tertiary/aromatic N) is 1. The Labute approximate surface area is 92.1 Å². The molecule has 0 saturated carbocycles. The molecule has 0 heterocycles. The van der Waals surface area contributed by atoms with E-state index in [0.717, 1.165) is 19.4 Å². The highest BCUT2D eigenvalue weighted by Crippen LogP contribution is 2.20. The predicted molar refractivity (Wildman–Crippen MR) is 62.9 cm³/mol. The molecule has 0 amide bonds. The van der Waals surface area contributed by atoms with Crippen molar-refractivity contribution in [3.8, 4) is 0 Å². The molecule has 1 unspecified atom stereocenters. The van der Waals surface area contributed by atoms with Crippen LogP contribution in [0.15, 0.2) is 24.8 Å². The first-order valence-corrected chi connectivity index (χ1v) is 5.16. The number of carboxylic acids is 1. The molecule has 0 aliphatic heterocycles. The van der Waals surface area contributed by atoms with Gasteiger partial charge in [0.05, 0.1) is 0 Å². The summed E-state index contributed by atoms with van der Waals surface area (Å²) in [5.74, 6) is -0.869. The molecule has 0 fully saturated rings. The van der Waals surface area contributed by atoms with E-state index >= 15 is 0 Å². The third-order valence-electron chi connectivity index (χ3n) is 2.38. The van der Waals surface area contributed by atoms with Crippen LogP contribution in [-0.2, 0) is 4.79 Å².